The predicted octanol–water partition coefficient (Wildman–Crippen LogP) is 2.69. The van der Waals surface area contributed by atoms with E-state index in [4.69, 9.17) is 9.47 Å². The number of thioether (sulfide) groups is 1. The third-order valence-electron chi connectivity index (χ3n) is 3.54. The summed E-state index contributed by atoms with van der Waals surface area (Å²) >= 11 is 1.59. The number of hydrogen-bond donors (Lipinski definition) is 0. The van der Waals surface area contributed by atoms with Crippen LogP contribution in [0.4, 0.5) is 0 Å². The van der Waals surface area contributed by atoms with E-state index in [1.54, 1.807) is 18.7 Å². The van der Waals surface area contributed by atoms with Crippen molar-refractivity contribution in [1.29, 1.82) is 0 Å². The first-order valence-corrected chi connectivity index (χ1v) is 8.69. The van der Waals surface area contributed by atoms with E-state index in [9.17, 15) is 9.59 Å². The second kappa shape index (κ2) is 7.72. The molecule has 0 aromatic carbocycles. The molecule has 0 bridgehead atoms. The van der Waals surface area contributed by atoms with Gasteiger partial charge in [-0.3, -0.25) is 0 Å². The molecule has 1 fully saturated rings. The summed E-state index contributed by atoms with van der Waals surface area (Å²) in [5, 5.41) is 0.935. The van der Waals surface area contributed by atoms with E-state index in [-0.39, 0.29) is 11.9 Å². The summed E-state index contributed by atoms with van der Waals surface area (Å²) in [5.41, 5.74) is 1.64. The zero-order valence-corrected chi connectivity index (χ0v) is 14.2. The topological polar surface area (TPSA) is 55.8 Å². The SMILES string of the molecule is CCOC(=O)C=C1CSC2=C(C(=O)OCCC(C)C)CCN12. The van der Waals surface area contributed by atoms with Gasteiger partial charge < -0.3 is 14.4 Å². The minimum absolute atomic E-state index is 0.219. The molecule has 2 aliphatic heterocycles. The molecule has 6 heteroatoms. The standard InChI is InChI=1S/C16H23NO4S/c1-4-20-14(18)9-12-10-22-15-13(5-7-17(12)15)16(19)21-8-6-11(2)3/h9,11H,4-8,10H2,1-3H3. The highest BCUT2D eigenvalue weighted by Gasteiger charge is 2.35. The Morgan fingerprint density at radius 3 is 2.82 bits per heavy atom. The zero-order chi connectivity index (χ0) is 16.1. The summed E-state index contributed by atoms with van der Waals surface area (Å²) in [4.78, 5) is 25.8. The van der Waals surface area contributed by atoms with Crippen LogP contribution in [0.15, 0.2) is 22.4 Å². The summed E-state index contributed by atoms with van der Waals surface area (Å²) in [5.74, 6) is 0.664. The lowest BCUT2D eigenvalue weighted by Crippen LogP contribution is -2.15. The Labute approximate surface area is 135 Å². The largest absolute Gasteiger partial charge is 0.463 e. The van der Waals surface area contributed by atoms with Gasteiger partial charge in [-0.15, -0.1) is 11.8 Å². The summed E-state index contributed by atoms with van der Waals surface area (Å²) in [6.45, 7) is 7.54. The Kier molecular flexibility index (Phi) is 5.94. The lowest BCUT2D eigenvalue weighted by molar-refractivity contribution is -0.139. The quantitative estimate of drug-likeness (QED) is 0.553. The maximum Gasteiger partial charge on any atom is 0.336 e. The van der Waals surface area contributed by atoms with E-state index in [1.165, 1.54) is 6.08 Å². The monoisotopic (exact) mass is 325 g/mol. The average Bonchev–Trinajstić information content (AvgIpc) is 3.01. The highest BCUT2D eigenvalue weighted by atomic mass is 32.2. The van der Waals surface area contributed by atoms with Gasteiger partial charge in [-0.25, -0.2) is 9.59 Å². The molecule has 0 saturated carbocycles. The molecule has 1 saturated heterocycles. The van der Waals surface area contributed by atoms with Crippen LogP contribution in [0.2, 0.25) is 0 Å². The molecule has 0 spiro atoms. The average molecular weight is 325 g/mol. The van der Waals surface area contributed by atoms with Crippen molar-refractivity contribution >= 4 is 23.7 Å². The Balaban J connectivity index is 2.00. The smallest absolute Gasteiger partial charge is 0.336 e. The fraction of sp³-hybridized carbons (Fsp3) is 0.625. The summed E-state index contributed by atoms with van der Waals surface area (Å²) in [6, 6.07) is 0. The third-order valence-corrected chi connectivity index (χ3v) is 4.72. The molecule has 22 heavy (non-hydrogen) atoms. The fourth-order valence-corrected chi connectivity index (χ4v) is 3.61. The lowest BCUT2D eigenvalue weighted by Gasteiger charge is -2.14. The molecule has 0 amide bonds. The molecule has 2 heterocycles. The van der Waals surface area contributed by atoms with Crippen molar-refractivity contribution in [3.05, 3.63) is 22.4 Å². The number of rotatable bonds is 6. The first kappa shape index (κ1) is 16.9. The van der Waals surface area contributed by atoms with Gasteiger partial charge in [-0.05, 0) is 19.3 Å². The Morgan fingerprint density at radius 1 is 1.36 bits per heavy atom. The van der Waals surface area contributed by atoms with Gasteiger partial charge in [0.05, 0.1) is 23.8 Å². The number of ether oxygens (including phenoxy) is 2. The number of esters is 2. The van der Waals surface area contributed by atoms with E-state index in [0.29, 0.717) is 31.3 Å². The van der Waals surface area contributed by atoms with Crippen LogP contribution in [-0.4, -0.2) is 42.3 Å². The number of nitrogens with zero attached hydrogens (tertiary/aromatic N) is 1. The first-order chi connectivity index (χ1) is 10.5. The molecule has 0 N–H and O–H groups in total. The van der Waals surface area contributed by atoms with Crippen LogP contribution in [0.3, 0.4) is 0 Å². The highest BCUT2D eigenvalue weighted by Crippen LogP contribution is 2.42. The molecular weight excluding hydrogens is 302 g/mol. The van der Waals surface area contributed by atoms with E-state index in [1.807, 2.05) is 4.90 Å². The molecule has 0 atom stereocenters. The van der Waals surface area contributed by atoms with Gasteiger partial charge in [0, 0.05) is 30.5 Å². The molecule has 2 aliphatic rings. The van der Waals surface area contributed by atoms with E-state index >= 15 is 0 Å². The van der Waals surface area contributed by atoms with Gasteiger partial charge >= 0.3 is 11.9 Å². The van der Waals surface area contributed by atoms with Crippen molar-refractivity contribution in [2.45, 2.75) is 33.6 Å². The maximum atomic E-state index is 12.2. The van der Waals surface area contributed by atoms with Gasteiger partial charge in [0.15, 0.2) is 0 Å². The molecular formula is C16H23NO4S. The van der Waals surface area contributed by atoms with E-state index < -0.39 is 0 Å². The summed E-state index contributed by atoms with van der Waals surface area (Å²) in [6.07, 6.45) is 3.07. The van der Waals surface area contributed by atoms with Crippen molar-refractivity contribution in [1.82, 2.24) is 4.90 Å². The van der Waals surface area contributed by atoms with Crippen LogP contribution in [0, 0.1) is 5.92 Å². The normalized spacial score (nSPS) is 19.1. The second-order valence-corrected chi connectivity index (χ2v) is 6.64. The first-order valence-electron chi connectivity index (χ1n) is 7.70. The van der Waals surface area contributed by atoms with Gasteiger partial charge in [0.1, 0.15) is 0 Å². The molecule has 0 radical (unpaired) electrons. The van der Waals surface area contributed by atoms with E-state index in [0.717, 1.165) is 29.3 Å². The van der Waals surface area contributed by atoms with Crippen LogP contribution in [0.5, 0.6) is 0 Å². The van der Waals surface area contributed by atoms with Crippen LogP contribution in [0.25, 0.3) is 0 Å². The number of fused-ring (bicyclic) bond motifs is 1. The van der Waals surface area contributed by atoms with Gasteiger partial charge in [-0.2, -0.15) is 0 Å². The van der Waals surface area contributed by atoms with E-state index in [2.05, 4.69) is 13.8 Å². The molecule has 2 rings (SSSR count). The van der Waals surface area contributed by atoms with Crippen molar-refractivity contribution < 1.29 is 19.1 Å². The lowest BCUT2D eigenvalue weighted by atomic mass is 10.1. The van der Waals surface area contributed by atoms with Crippen LogP contribution in [-0.2, 0) is 19.1 Å². The molecule has 5 nitrogen and oxygen atoms in total. The van der Waals surface area contributed by atoms with Crippen molar-refractivity contribution in [2.75, 3.05) is 25.5 Å². The maximum absolute atomic E-state index is 12.2. The minimum Gasteiger partial charge on any atom is -0.463 e. The number of carbonyl (C=O) groups excluding carboxylic acids is 2. The number of hydrogen-bond acceptors (Lipinski definition) is 6. The van der Waals surface area contributed by atoms with Gasteiger partial charge in [0.25, 0.3) is 0 Å². The number of carbonyl (C=O) groups is 2. The fourth-order valence-electron chi connectivity index (χ4n) is 2.36. The second-order valence-electron chi connectivity index (χ2n) is 5.68. The van der Waals surface area contributed by atoms with Crippen molar-refractivity contribution in [3.8, 4) is 0 Å². The van der Waals surface area contributed by atoms with Gasteiger partial charge in [-0.1, -0.05) is 13.8 Å². The molecule has 0 aromatic heterocycles. The van der Waals surface area contributed by atoms with Crippen LogP contribution in [0.1, 0.15) is 33.6 Å². The molecule has 0 unspecified atom stereocenters. The van der Waals surface area contributed by atoms with Crippen LogP contribution < -0.4 is 0 Å². The third kappa shape index (κ3) is 4.06. The van der Waals surface area contributed by atoms with Gasteiger partial charge in [0.2, 0.25) is 0 Å². The molecule has 0 aromatic rings. The van der Waals surface area contributed by atoms with Crippen molar-refractivity contribution in [2.24, 2.45) is 5.92 Å². The zero-order valence-electron chi connectivity index (χ0n) is 13.4. The Morgan fingerprint density at radius 2 is 2.14 bits per heavy atom. The Hall–Kier alpha value is -1.43. The summed E-state index contributed by atoms with van der Waals surface area (Å²) in [7, 11) is 0. The molecule has 122 valence electrons. The minimum atomic E-state index is -0.327. The van der Waals surface area contributed by atoms with Crippen molar-refractivity contribution in [3.63, 3.8) is 0 Å². The summed E-state index contributed by atoms with van der Waals surface area (Å²) < 4.78 is 10.3. The highest BCUT2D eigenvalue weighted by molar-refractivity contribution is 8.03. The molecule has 0 aliphatic carbocycles. The predicted molar refractivity (Wildman–Crippen MR) is 85.9 cm³/mol. The van der Waals surface area contributed by atoms with Crippen LogP contribution >= 0.6 is 11.8 Å². The Bertz CT molecular complexity index is 510.